The van der Waals surface area contributed by atoms with E-state index in [4.69, 9.17) is 23.2 Å². The van der Waals surface area contributed by atoms with E-state index in [1.165, 1.54) is 6.07 Å². The Hall–Kier alpha value is -1.65. The molecule has 0 unspecified atom stereocenters. The van der Waals surface area contributed by atoms with Crippen LogP contribution in [0, 0.1) is 5.82 Å². The largest absolute Gasteiger partial charge is 0.291 e. The lowest BCUT2D eigenvalue weighted by molar-refractivity contribution is 0.618. The predicted molar refractivity (Wildman–Crippen MR) is 73.4 cm³/mol. The maximum Gasteiger partial charge on any atom is 0.148 e. The number of nitrogens with zero attached hydrogens (tertiary/aromatic N) is 3. The standard InChI is InChI=1S/C13H8Cl2FN3/c14-6-12-18-10-7-17-5-4-11(10)19(12)13-8(15)2-1-3-9(13)16/h1-5,7H,6H2. The molecule has 0 spiro atoms. The Kier molecular flexibility index (Phi) is 3.12. The highest BCUT2D eigenvalue weighted by Gasteiger charge is 2.17. The molecule has 2 aromatic heterocycles. The number of aromatic nitrogens is 3. The molecule has 0 atom stereocenters. The first-order chi connectivity index (χ1) is 9.22. The lowest BCUT2D eigenvalue weighted by Gasteiger charge is -2.10. The van der Waals surface area contributed by atoms with Crippen LogP contribution in [0.3, 0.4) is 0 Å². The van der Waals surface area contributed by atoms with Gasteiger partial charge >= 0.3 is 0 Å². The third-order valence-electron chi connectivity index (χ3n) is 2.81. The van der Waals surface area contributed by atoms with E-state index in [9.17, 15) is 4.39 Å². The zero-order chi connectivity index (χ0) is 13.4. The molecule has 96 valence electrons. The number of alkyl halides is 1. The molecule has 0 fully saturated rings. The van der Waals surface area contributed by atoms with Crippen LogP contribution in [0.4, 0.5) is 4.39 Å². The van der Waals surface area contributed by atoms with Crippen molar-refractivity contribution in [3.8, 4) is 5.69 Å². The average molecular weight is 296 g/mol. The van der Waals surface area contributed by atoms with Gasteiger partial charge in [0, 0.05) is 6.20 Å². The first-order valence-corrected chi connectivity index (χ1v) is 6.45. The number of hydrogen-bond donors (Lipinski definition) is 0. The number of halogens is 3. The van der Waals surface area contributed by atoms with Gasteiger partial charge in [-0.15, -0.1) is 11.6 Å². The Balaban J connectivity index is 2.41. The molecule has 0 bridgehead atoms. The van der Waals surface area contributed by atoms with Crippen molar-refractivity contribution in [2.75, 3.05) is 0 Å². The molecule has 0 aliphatic heterocycles. The van der Waals surface area contributed by atoms with Gasteiger partial charge in [-0.1, -0.05) is 17.7 Å². The smallest absolute Gasteiger partial charge is 0.148 e. The van der Waals surface area contributed by atoms with E-state index < -0.39 is 5.82 Å². The SMILES string of the molecule is Fc1cccc(Cl)c1-n1c(CCl)nc2cnccc21. The molecule has 1 aromatic carbocycles. The van der Waals surface area contributed by atoms with Crippen LogP contribution in [0.25, 0.3) is 16.7 Å². The summed E-state index contributed by atoms with van der Waals surface area (Å²) in [4.78, 5) is 8.33. The van der Waals surface area contributed by atoms with Gasteiger partial charge in [0.2, 0.25) is 0 Å². The van der Waals surface area contributed by atoms with E-state index in [0.29, 0.717) is 16.4 Å². The van der Waals surface area contributed by atoms with E-state index in [1.54, 1.807) is 35.2 Å². The van der Waals surface area contributed by atoms with Crippen molar-refractivity contribution in [3.63, 3.8) is 0 Å². The van der Waals surface area contributed by atoms with Gasteiger partial charge in [0.15, 0.2) is 0 Å². The van der Waals surface area contributed by atoms with Crippen molar-refractivity contribution in [1.29, 1.82) is 0 Å². The van der Waals surface area contributed by atoms with Crippen LogP contribution in [-0.4, -0.2) is 14.5 Å². The molecule has 0 radical (unpaired) electrons. The van der Waals surface area contributed by atoms with Gasteiger partial charge in [0.05, 0.1) is 22.6 Å². The Morgan fingerprint density at radius 2 is 2.11 bits per heavy atom. The maximum atomic E-state index is 14.1. The maximum absolute atomic E-state index is 14.1. The number of para-hydroxylation sites is 1. The average Bonchev–Trinajstić information content (AvgIpc) is 2.77. The quantitative estimate of drug-likeness (QED) is 0.670. The number of benzene rings is 1. The molecule has 6 heteroatoms. The Labute approximate surface area is 118 Å². The van der Waals surface area contributed by atoms with Crippen molar-refractivity contribution >= 4 is 34.2 Å². The molecule has 2 heterocycles. The normalized spacial score (nSPS) is 11.1. The zero-order valence-corrected chi connectivity index (χ0v) is 11.2. The van der Waals surface area contributed by atoms with Crippen LogP contribution < -0.4 is 0 Å². The van der Waals surface area contributed by atoms with Crippen molar-refractivity contribution in [2.45, 2.75) is 5.88 Å². The van der Waals surface area contributed by atoms with Crippen LogP contribution in [0.5, 0.6) is 0 Å². The van der Waals surface area contributed by atoms with Crippen molar-refractivity contribution in [2.24, 2.45) is 0 Å². The molecule has 3 rings (SSSR count). The molecule has 3 nitrogen and oxygen atoms in total. The molecule has 19 heavy (non-hydrogen) atoms. The third kappa shape index (κ3) is 1.97. The second-order valence-electron chi connectivity index (χ2n) is 3.93. The van der Waals surface area contributed by atoms with Crippen LogP contribution in [-0.2, 0) is 5.88 Å². The van der Waals surface area contributed by atoms with E-state index in [0.717, 1.165) is 5.52 Å². The van der Waals surface area contributed by atoms with Gasteiger partial charge in [0.25, 0.3) is 0 Å². The highest BCUT2D eigenvalue weighted by atomic mass is 35.5. The third-order valence-corrected chi connectivity index (χ3v) is 3.35. The summed E-state index contributed by atoms with van der Waals surface area (Å²) in [7, 11) is 0. The first-order valence-electron chi connectivity index (χ1n) is 5.54. The van der Waals surface area contributed by atoms with E-state index in [-0.39, 0.29) is 11.6 Å². The van der Waals surface area contributed by atoms with Crippen LogP contribution in [0.2, 0.25) is 5.02 Å². The van der Waals surface area contributed by atoms with E-state index in [1.807, 2.05) is 0 Å². The molecule has 0 N–H and O–H groups in total. The molecule has 0 amide bonds. The lowest BCUT2D eigenvalue weighted by Crippen LogP contribution is -2.03. The minimum absolute atomic E-state index is 0.152. The van der Waals surface area contributed by atoms with Gasteiger partial charge in [-0.05, 0) is 18.2 Å². The van der Waals surface area contributed by atoms with Crippen molar-refractivity contribution in [1.82, 2.24) is 14.5 Å². The van der Waals surface area contributed by atoms with E-state index >= 15 is 0 Å². The van der Waals surface area contributed by atoms with Crippen molar-refractivity contribution in [3.05, 3.63) is 53.3 Å². The number of fused-ring (bicyclic) bond motifs is 1. The molecule has 0 saturated heterocycles. The van der Waals surface area contributed by atoms with Crippen LogP contribution >= 0.6 is 23.2 Å². The summed E-state index contributed by atoms with van der Waals surface area (Å²) >= 11 is 12.0. The van der Waals surface area contributed by atoms with Crippen LogP contribution in [0.1, 0.15) is 5.82 Å². The molecule has 0 aliphatic rings. The Morgan fingerprint density at radius 1 is 1.26 bits per heavy atom. The molecule has 0 saturated carbocycles. The second kappa shape index (κ2) is 4.79. The van der Waals surface area contributed by atoms with Gasteiger partial charge < -0.3 is 0 Å². The fourth-order valence-electron chi connectivity index (χ4n) is 2.02. The number of rotatable bonds is 2. The molecular formula is C13H8Cl2FN3. The Bertz CT molecular complexity index is 734. The minimum Gasteiger partial charge on any atom is -0.291 e. The topological polar surface area (TPSA) is 30.7 Å². The monoisotopic (exact) mass is 295 g/mol. The Morgan fingerprint density at radius 3 is 2.84 bits per heavy atom. The lowest BCUT2D eigenvalue weighted by atomic mass is 10.3. The number of pyridine rings is 1. The van der Waals surface area contributed by atoms with Gasteiger partial charge in [-0.2, -0.15) is 0 Å². The summed E-state index contributed by atoms with van der Waals surface area (Å²) in [6.45, 7) is 0. The molecule has 0 aliphatic carbocycles. The summed E-state index contributed by atoms with van der Waals surface area (Å²) in [5.41, 5.74) is 1.63. The van der Waals surface area contributed by atoms with Crippen molar-refractivity contribution < 1.29 is 4.39 Å². The summed E-state index contributed by atoms with van der Waals surface area (Å²) in [5, 5.41) is 0.308. The number of imidazole rings is 1. The summed E-state index contributed by atoms with van der Waals surface area (Å²) in [5.74, 6) is 0.256. The zero-order valence-electron chi connectivity index (χ0n) is 9.65. The number of hydrogen-bond acceptors (Lipinski definition) is 2. The minimum atomic E-state index is -0.421. The molecule has 3 aromatic rings. The highest BCUT2D eigenvalue weighted by Crippen LogP contribution is 2.29. The van der Waals surface area contributed by atoms with Gasteiger partial charge in [0.1, 0.15) is 22.8 Å². The molecular weight excluding hydrogens is 288 g/mol. The summed E-state index contributed by atoms with van der Waals surface area (Å²) in [6, 6.07) is 6.29. The fraction of sp³-hybridized carbons (Fsp3) is 0.0769. The fourth-order valence-corrected chi connectivity index (χ4v) is 2.45. The first kappa shape index (κ1) is 12.4. The predicted octanol–water partition coefficient (Wildman–Crippen LogP) is 3.95. The van der Waals surface area contributed by atoms with Crippen LogP contribution in [0.15, 0.2) is 36.7 Å². The summed E-state index contributed by atoms with van der Waals surface area (Å²) in [6.07, 6.45) is 3.23. The highest BCUT2D eigenvalue weighted by molar-refractivity contribution is 6.32. The van der Waals surface area contributed by atoms with Gasteiger partial charge in [-0.25, -0.2) is 9.37 Å². The van der Waals surface area contributed by atoms with Gasteiger partial charge in [-0.3, -0.25) is 9.55 Å². The van der Waals surface area contributed by atoms with E-state index in [2.05, 4.69) is 9.97 Å². The summed E-state index contributed by atoms with van der Waals surface area (Å²) < 4.78 is 15.7. The second-order valence-corrected chi connectivity index (χ2v) is 4.61.